The summed E-state index contributed by atoms with van der Waals surface area (Å²) in [5, 5.41) is 7.85. The molecule has 2 aromatic carbocycles. The number of benzene rings is 2. The van der Waals surface area contributed by atoms with Crippen LogP contribution in [0.4, 0.5) is 17.6 Å². The van der Waals surface area contributed by atoms with Gasteiger partial charge in [-0.15, -0.1) is 5.10 Å². The Bertz CT molecular complexity index is 1380. The van der Waals surface area contributed by atoms with E-state index < -0.39 is 0 Å². The Morgan fingerprint density at radius 3 is 2.34 bits per heavy atom. The van der Waals surface area contributed by atoms with Crippen LogP contribution < -0.4 is 11.1 Å². The SMILES string of the molecule is Cn1nc(-c2ccc(C(=O)N3CC4(CCC4)C3)cc2)nc1Nc1ccc(-c2ccnc(N)n2)cc1. The van der Waals surface area contributed by atoms with Crippen LogP contribution in [0.1, 0.15) is 29.6 Å². The van der Waals surface area contributed by atoms with Gasteiger partial charge in [0.25, 0.3) is 5.91 Å². The number of nitrogens with zero attached hydrogens (tertiary/aromatic N) is 6. The molecule has 0 unspecified atom stereocenters. The Kier molecular flexibility index (Phi) is 4.98. The number of rotatable bonds is 5. The fourth-order valence-corrected chi connectivity index (χ4v) is 4.85. The number of likely N-dealkylation sites (tertiary alicyclic amines) is 1. The molecule has 35 heavy (non-hydrogen) atoms. The van der Waals surface area contributed by atoms with Crippen LogP contribution in [0.3, 0.4) is 0 Å². The van der Waals surface area contributed by atoms with Crippen LogP contribution in [0.5, 0.6) is 0 Å². The van der Waals surface area contributed by atoms with E-state index in [4.69, 9.17) is 5.73 Å². The van der Waals surface area contributed by atoms with E-state index in [9.17, 15) is 4.79 Å². The third-order valence-electron chi connectivity index (χ3n) is 7.02. The average molecular weight is 467 g/mol. The summed E-state index contributed by atoms with van der Waals surface area (Å²) in [6.45, 7) is 1.80. The highest BCUT2D eigenvalue weighted by Gasteiger charge is 2.48. The number of anilines is 3. The predicted octanol–water partition coefficient (Wildman–Crippen LogP) is 3.89. The monoisotopic (exact) mass is 466 g/mol. The number of aromatic nitrogens is 5. The number of nitrogens with two attached hydrogens (primary N) is 1. The van der Waals surface area contributed by atoms with Crippen molar-refractivity contribution < 1.29 is 4.79 Å². The molecule has 1 saturated carbocycles. The van der Waals surface area contributed by atoms with Gasteiger partial charge < -0.3 is 16.0 Å². The molecular formula is C26H26N8O. The van der Waals surface area contributed by atoms with E-state index in [2.05, 4.69) is 25.4 Å². The first-order valence-electron chi connectivity index (χ1n) is 11.7. The maximum absolute atomic E-state index is 12.8. The Hall–Kier alpha value is -4.27. The molecule has 6 rings (SSSR count). The second-order valence-corrected chi connectivity index (χ2v) is 9.48. The van der Waals surface area contributed by atoms with Crippen LogP contribution in [0.15, 0.2) is 60.8 Å². The van der Waals surface area contributed by atoms with Crippen molar-refractivity contribution in [3.05, 3.63) is 66.4 Å². The van der Waals surface area contributed by atoms with Gasteiger partial charge in [0.15, 0.2) is 5.82 Å². The quantitative estimate of drug-likeness (QED) is 0.458. The smallest absolute Gasteiger partial charge is 0.253 e. The zero-order valence-electron chi connectivity index (χ0n) is 19.5. The molecule has 3 heterocycles. The summed E-state index contributed by atoms with van der Waals surface area (Å²) < 4.78 is 1.70. The number of carbonyl (C=O) groups excluding carboxylic acids is 1. The molecule has 9 nitrogen and oxygen atoms in total. The van der Waals surface area contributed by atoms with Gasteiger partial charge >= 0.3 is 0 Å². The number of hydrogen-bond acceptors (Lipinski definition) is 7. The van der Waals surface area contributed by atoms with Crippen molar-refractivity contribution in [2.75, 3.05) is 24.1 Å². The first-order chi connectivity index (χ1) is 17.0. The summed E-state index contributed by atoms with van der Waals surface area (Å²) in [5.41, 5.74) is 10.3. The van der Waals surface area contributed by atoms with Gasteiger partial charge in [-0.3, -0.25) is 4.79 Å². The molecule has 0 bridgehead atoms. The van der Waals surface area contributed by atoms with E-state index in [1.807, 2.05) is 66.5 Å². The molecule has 9 heteroatoms. The molecular weight excluding hydrogens is 440 g/mol. The molecule has 2 fully saturated rings. The van der Waals surface area contributed by atoms with E-state index in [0.717, 1.165) is 35.6 Å². The normalized spacial score (nSPS) is 16.0. The minimum absolute atomic E-state index is 0.110. The lowest BCUT2D eigenvalue weighted by Crippen LogP contribution is -2.61. The number of hydrogen-bond donors (Lipinski definition) is 2. The van der Waals surface area contributed by atoms with E-state index >= 15 is 0 Å². The van der Waals surface area contributed by atoms with E-state index in [1.165, 1.54) is 19.3 Å². The van der Waals surface area contributed by atoms with Crippen LogP contribution in [-0.4, -0.2) is 48.6 Å². The van der Waals surface area contributed by atoms with E-state index in [0.29, 0.717) is 22.8 Å². The molecule has 2 aliphatic rings. The summed E-state index contributed by atoms with van der Waals surface area (Å²) in [6.07, 6.45) is 5.47. The Morgan fingerprint density at radius 2 is 1.69 bits per heavy atom. The van der Waals surface area contributed by atoms with Crippen LogP contribution in [0.25, 0.3) is 22.6 Å². The van der Waals surface area contributed by atoms with Crippen LogP contribution >= 0.6 is 0 Å². The largest absolute Gasteiger partial charge is 0.368 e. The average Bonchev–Trinajstić information content (AvgIpc) is 3.18. The highest BCUT2D eigenvalue weighted by atomic mass is 16.2. The predicted molar refractivity (Wildman–Crippen MR) is 134 cm³/mol. The minimum atomic E-state index is 0.110. The van der Waals surface area contributed by atoms with Gasteiger partial charge in [-0.1, -0.05) is 30.7 Å². The molecule has 4 aromatic rings. The highest BCUT2D eigenvalue weighted by molar-refractivity contribution is 5.95. The van der Waals surface area contributed by atoms with Crippen molar-refractivity contribution in [1.29, 1.82) is 0 Å². The fraction of sp³-hybridized carbons (Fsp3) is 0.269. The lowest BCUT2D eigenvalue weighted by Gasteiger charge is -2.55. The molecule has 1 aliphatic carbocycles. The number of carbonyl (C=O) groups is 1. The molecule has 176 valence electrons. The van der Waals surface area contributed by atoms with Crippen molar-refractivity contribution in [3.63, 3.8) is 0 Å². The minimum Gasteiger partial charge on any atom is -0.368 e. The number of nitrogen functional groups attached to an aromatic ring is 1. The van der Waals surface area contributed by atoms with Gasteiger partial charge in [0.05, 0.1) is 5.69 Å². The van der Waals surface area contributed by atoms with Crippen molar-refractivity contribution in [2.45, 2.75) is 19.3 Å². The molecule has 2 aromatic heterocycles. The summed E-state index contributed by atoms with van der Waals surface area (Å²) in [4.78, 5) is 27.6. The standard InChI is InChI=1S/C26H26N8O/c1-33-25(29-20-9-7-17(8-10-20)21-11-14-28-24(27)30-21)31-22(32-33)18-3-5-19(6-4-18)23(35)34-15-26(16-34)12-2-13-26/h3-11,14H,2,12-13,15-16H2,1H3,(H2,27,28,30)(H,29,31,32). The van der Waals surface area contributed by atoms with Gasteiger partial charge in [0.1, 0.15) is 0 Å². The zero-order valence-corrected chi connectivity index (χ0v) is 19.5. The summed E-state index contributed by atoms with van der Waals surface area (Å²) in [5.74, 6) is 1.57. The Balaban J connectivity index is 1.13. The molecule has 1 saturated heterocycles. The van der Waals surface area contributed by atoms with E-state index in [-0.39, 0.29) is 11.9 Å². The van der Waals surface area contributed by atoms with Crippen molar-refractivity contribution in [3.8, 4) is 22.6 Å². The molecule has 1 spiro atoms. The number of aryl methyl sites for hydroxylation is 1. The van der Waals surface area contributed by atoms with Crippen molar-refractivity contribution in [1.82, 2.24) is 29.6 Å². The highest BCUT2D eigenvalue weighted by Crippen LogP contribution is 2.48. The summed E-state index contributed by atoms with van der Waals surface area (Å²) >= 11 is 0. The first kappa shape index (κ1) is 21.3. The van der Waals surface area contributed by atoms with Gasteiger partial charge in [-0.25, -0.2) is 14.6 Å². The number of nitrogens with one attached hydrogen (secondary N) is 1. The third-order valence-corrected chi connectivity index (χ3v) is 7.02. The second-order valence-electron chi connectivity index (χ2n) is 9.48. The third kappa shape index (κ3) is 3.99. The molecule has 0 radical (unpaired) electrons. The van der Waals surface area contributed by atoms with Crippen LogP contribution in [0, 0.1) is 5.41 Å². The van der Waals surface area contributed by atoms with E-state index in [1.54, 1.807) is 10.9 Å². The summed E-state index contributed by atoms with van der Waals surface area (Å²) in [7, 11) is 1.84. The van der Waals surface area contributed by atoms with Crippen LogP contribution in [-0.2, 0) is 7.05 Å². The molecule has 1 amide bonds. The Labute approximate surface area is 203 Å². The second kappa shape index (κ2) is 8.19. The van der Waals surface area contributed by atoms with Crippen molar-refractivity contribution in [2.24, 2.45) is 12.5 Å². The van der Waals surface area contributed by atoms with Crippen LogP contribution in [0.2, 0.25) is 0 Å². The Morgan fingerprint density at radius 1 is 0.971 bits per heavy atom. The van der Waals surface area contributed by atoms with Gasteiger partial charge in [-0.2, -0.15) is 4.98 Å². The first-order valence-corrected chi connectivity index (χ1v) is 11.7. The lowest BCUT2D eigenvalue weighted by atomic mass is 9.63. The molecule has 3 N–H and O–H groups in total. The van der Waals surface area contributed by atoms with Gasteiger partial charge in [0, 0.05) is 54.1 Å². The maximum atomic E-state index is 12.8. The maximum Gasteiger partial charge on any atom is 0.253 e. The topological polar surface area (TPSA) is 115 Å². The number of amides is 1. The lowest BCUT2D eigenvalue weighted by molar-refractivity contribution is -0.0426. The van der Waals surface area contributed by atoms with Gasteiger partial charge in [-0.05, 0) is 43.2 Å². The molecule has 0 atom stereocenters. The molecule has 1 aliphatic heterocycles. The van der Waals surface area contributed by atoms with Gasteiger partial charge in [0.2, 0.25) is 11.9 Å². The zero-order chi connectivity index (χ0) is 24.0. The fourth-order valence-electron chi connectivity index (χ4n) is 4.85. The summed E-state index contributed by atoms with van der Waals surface area (Å²) in [6, 6.07) is 17.2. The van der Waals surface area contributed by atoms with Crippen molar-refractivity contribution >= 4 is 23.5 Å².